The number of fused-ring (bicyclic) bond motifs is 6. The van der Waals surface area contributed by atoms with Crippen LogP contribution in [0.2, 0.25) is 0 Å². The van der Waals surface area contributed by atoms with Crippen LogP contribution in [0.5, 0.6) is 46.0 Å². The summed E-state index contributed by atoms with van der Waals surface area (Å²) >= 11 is -2.59. The number of nitro groups is 1. The van der Waals surface area contributed by atoms with Crippen LogP contribution in [0.4, 0.5) is 0 Å². The summed E-state index contributed by atoms with van der Waals surface area (Å²) in [6.07, 6.45) is 24.0. The number of benzene rings is 7. The molecule has 23 nitrogen and oxygen atoms in total. The topological polar surface area (TPSA) is 322 Å². The first-order valence-electron chi connectivity index (χ1n) is 48.8. The van der Waals surface area contributed by atoms with Gasteiger partial charge in [0, 0.05) is 43.6 Å². The maximum absolute atomic E-state index is 11.9. The molecule has 0 aliphatic carbocycles. The zero-order valence-corrected chi connectivity index (χ0v) is 91.6. The largest absolute Gasteiger partial charge is 0.507 e. The normalized spacial score (nSPS) is 19.9. The van der Waals surface area contributed by atoms with Crippen LogP contribution in [0.1, 0.15) is 315 Å². The van der Waals surface area contributed by atoms with Crippen molar-refractivity contribution < 1.29 is 98.5 Å². The minimum absolute atomic E-state index is 0.0812. The van der Waals surface area contributed by atoms with Gasteiger partial charge in [-0.3, -0.25) is 14.9 Å². The Morgan fingerprint density at radius 2 is 0.739 bits per heavy atom. The standard InChI is InChI=1S/C19H27NO4.C19H28O2.C16H22O3.C15H20O4.C15H22O2.C15H20O2.C10H11IO4.C5H12O/c1-6-15(20(22)23)8-7-10-19(5)11-9-16-14(4)17(21)12(2)13(3)18(16)24-19;1-13-14(2)16(4)18-17(15(13)3)9-11-19(5,21-18)10-7-6-8-12-20;1-9-10(2)12(4)14-13(11(9)3)7-8-16(5,19-14)15(17)18-6;1-8-9(2)13-11(10(3)12(8)16)6-7-15(4,19-13)14(17)18-5;2*1-9-10(2)12(4)14-13(11(9)3)6-7-15(5,8-16)17-14;1-8(12)14-11(15-9(2)13)10-6-4-3-5-7-10;1-2-3-4-5-6/h8,21H,6-7,9-11H2,1-5H3;7,10,20H,6,8-9,11-12H2,1-5H3;7-8H2,1-6H3;16H,6-7H2,1-5H3;16H,6-8H2,1-5H3;8H,6-7H2,1-5H3;3-7H,1-2H3;6H,2-5H2,1H3/b15-8-;10-7+;;;;;;. The van der Waals surface area contributed by atoms with Crippen molar-refractivity contribution in [2.45, 2.75) is 384 Å². The number of nitrogens with zero attached hydrogens (tertiary/aromatic N) is 1. The second-order valence-corrected chi connectivity index (χ2v) is 42.7. The van der Waals surface area contributed by atoms with Crippen LogP contribution >= 0.6 is 20.6 Å². The van der Waals surface area contributed by atoms with Gasteiger partial charge >= 0.3 is 108 Å². The van der Waals surface area contributed by atoms with Crippen LogP contribution in [0.3, 0.4) is 0 Å². The van der Waals surface area contributed by atoms with Crippen LogP contribution in [-0.2, 0) is 78.1 Å². The predicted molar refractivity (Wildman–Crippen MR) is 557 cm³/mol. The second kappa shape index (κ2) is 50.4. The molecule has 7 aromatic rings. The molecule has 0 saturated carbocycles. The molecule has 6 aliphatic rings. The van der Waals surface area contributed by atoms with Gasteiger partial charge in [0.15, 0.2) is 11.9 Å². The summed E-state index contributed by atoms with van der Waals surface area (Å²) < 4.78 is 57.2. The van der Waals surface area contributed by atoms with E-state index in [0.717, 1.165) is 179 Å². The van der Waals surface area contributed by atoms with Crippen molar-refractivity contribution in [1.29, 1.82) is 0 Å². The quantitative estimate of drug-likeness (QED) is 0.00955. The average molecular weight is 2030 g/mol. The van der Waals surface area contributed by atoms with Gasteiger partial charge in [0.05, 0.1) is 25.7 Å². The van der Waals surface area contributed by atoms with Crippen LogP contribution in [0.25, 0.3) is 0 Å². The number of aldehydes is 1. The van der Waals surface area contributed by atoms with Gasteiger partial charge in [0.1, 0.15) is 62.8 Å². The van der Waals surface area contributed by atoms with E-state index in [4.69, 9.17) is 54.2 Å². The summed E-state index contributed by atoms with van der Waals surface area (Å²) in [5.74, 6) is 4.68. The van der Waals surface area contributed by atoms with Gasteiger partial charge in [0.2, 0.25) is 16.9 Å². The van der Waals surface area contributed by atoms with Gasteiger partial charge in [-0.15, -0.1) is 0 Å². The molecule has 0 amide bonds. The molecule has 0 aromatic heterocycles. The van der Waals surface area contributed by atoms with Crippen molar-refractivity contribution >= 4 is 50.8 Å². The number of carbonyl (C=O) groups is 5. The maximum atomic E-state index is 11.9. The number of halogens is 1. The Hall–Kier alpha value is -10.0. The molecular formula is C114H162INO22. The van der Waals surface area contributed by atoms with Crippen LogP contribution < -0.4 is 28.4 Å². The summed E-state index contributed by atoms with van der Waals surface area (Å²) in [7, 11) is 2.78. The zero-order chi connectivity index (χ0) is 104. The molecule has 13 rings (SSSR count). The van der Waals surface area contributed by atoms with Gasteiger partial charge in [-0.05, 0) is 447 Å². The molecule has 6 aliphatic heterocycles. The molecule has 6 heterocycles. The first-order valence-corrected chi connectivity index (χ1v) is 51.6. The van der Waals surface area contributed by atoms with Crippen LogP contribution in [-0.4, -0.2) is 128 Å². The number of unbranched alkanes of at least 4 members (excludes halogenated alkanes) is 3. The fraction of sp³-hybridized carbons (Fsp3) is 0.553. The summed E-state index contributed by atoms with van der Waals surface area (Å²) in [5.41, 5.74) is 30.2. The van der Waals surface area contributed by atoms with E-state index >= 15 is 0 Å². The molecular weight excluding hydrogens is 1860 g/mol. The number of hydrogen-bond acceptors (Lipinski definition) is 22. The summed E-state index contributed by atoms with van der Waals surface area (Å²) in [6, 6.07) is 9.05. The van der Waals surface area contributed by atoms with Gasteiger partial charge in [0.25, 0.3) is 0 Å². The molecule has 7 aromatic carbocycles. The number of carbonyl (C=O) groups excluding carboxylic acids is 5. The second-order valence-electron chi connectivity index (χ2n) is 39.3. The SMILES string of the molecule is CC(=O)OI(OC(C)=O)c1ccccc1.CC/C(=C/CCC1(C)CCc2c(C)c(O)c(C)c(C)c2O1)[N+](=O)[O-].CCCCCO.COC(=O)C1(C)CCc2c(C)c(C)c(C)c(C)c2O1.COC(=O)C1(C)CCc2c(C)c(O)c(C)c(C)c2O1.Cc1c(C)c(C)c2c(c1C)CCC(C)(/C=C/CCCO)O2.Cc1c(C)c(C)c2c(c1C)CCC(C)(C=O)O2.Cc1c(C)c(C)c2c(c1C)CCC(C)(CO)O2. The number of esters is 2. The van der Waals surface area contributed by atoms with E-state index in [1.165, 1.54) is 140 Å². The Morgan fingerprint density at radius 1 is 0.413 bits per heavy atom. The van der Waals surface area contributed by atoms with E-state index in [1.54, 1.807) is 32.1 Å². The Bertz CT molecular complexity index is 5490. The molecule has 138 heavy (non-hydrogen) atoms. The number of aliphatic hydroxyl groups excluding tert-OH is 3. The Kier molecular flexibility index (Phi) is 42.6. The van der Waals surface area contributed by atoms with Crippen molar-refractivity contribution in [3.05, 3.63) is 224 Å². The van der Waals surface area contributed by atoms with Crippen molar-refractivity contribution in [2.24, 2.45) is 0 Å². The molecule has 0 fully saturated rings. The Labute approximate surface area is 831 Å². The van der Waals surface area contributed by atoms with E-state index in [2.05, 4.69) is 144 Å². The van der Waals surface area contributed by atoms with Crippen molar-refractivity contribution in [3.63, 3.8) is 0 Å². The summed E-state index contributed by atoms with van der Waals surface area (Å²) in [6.45, 7) is 64.6. The summed E-state index contributed by atoms with van der Waals surface area (Å²) in [5, 5.41) is 57.7. The number of ether oxygens (including phenoxy) is 8. The van der Waals surface area contributed by atoms with Crippen molar-refractivity contribution in [2.75, 3.05) is 34.0 Å². The number of phenols is 2. The maximum Gasteiger partial charge on any atom is 0.349 e. The average Bonchev–Trinajstić information content (AvgIpc) is 0.760. The molecule has 6 unspecified atom stereocenters. The molecule has 0 radical (unpaired) electrons. The van der Waals surface area contributed by atoms with Gasteiger partial charge in [-0.25, -0.2) is 9.59 Å². The molecule has 0 spiro atoms. The number of hydrogen-bond donors (Lipinski definition) is 5. The van der Waals surface area contributed by atoms with Gasteiger partial charge in [-0.1, -0.05) is 32.8 Å². The number of aliphatic hydroxyl groups is 3. The van der Waals surface area contributed by atoms with Gasteiger partial charge < -0.3 is 63.4 Å². The van der Waals surface area contributed by atoms with E-state index in [0.29, 0.717) is 56.0 Å². The van der Waals surface area contributed by atoms with Gasteiger partial charge in [-0.2, -0.15) is 0 Å². The smallest absolute Gasteiger partial charge is 0.349 e. The van der Waals surface area contributed by atoms with E-state index in [9.17, 15) is 49.4 Å². The number of methoxy groups -OCH3 is 2. The number of allylic oxidation sites excluding steroid dienone is 3. The first kappa shape index (κ1) is 117. The van der Waals surface area contributed by atoms with E-state index < -0.39 is 55.0 Å². The molecule has 5 N–H and O–H groups in total. The fourth-order valence-corrected chi connectivity index (χ4v) is 20.9. The molecule has 762 valence electrons. The molecule has 6 atom stereocenters. The number of phenolic OH excluding ortho intramolecular Hbond substituents is 2. The first-order chi connectivity index (χ1) is 64.5. The third-order valence-corrected chi connectivity index (χ3v) is 33.3. The van der Waals surface area contributed by atoms with E-state index in [-0.39, 0.29) is 47.0 Å². The molecule has 0 bridgehead atoms. The Balaban J connectivity index is 0.000000245. The molecule has 0 saturated heterocycles. The van der Waals surface area contributed by atoms with E-state index in [1.807, 2.05) is 80.5 Å². The third kappa shape index (κ3) is 28.0. The summed E-state index contributed by atoms with van der Waals surface area (Å²) in [4.78, 5) is 67.1. The number of rotatable bonds is 19. The predicted octanol–water partition coefficient (Wildman–Crippen LogP) is 24.5. The van der Waals surface area contributed by atoms with Crippen LogP contribution in [0, 0.1) is 166 Å². The van der Waals surface area contributed by atoms with Crippen LogP contribution in [0.15, 0.2) is 54.3 Å². The minimum Gasteiger partial charge on any atom is -0.507 e. The molecule has 24 heteroatoms. The van der Waals surface area contributed by atoms with Crippen molar-refractivity contribution in [1.82, 2.24) is 0 Å². The minimum atomic E-state index is -2.59. The van der Waals surface area contributed by atoms with Crippen molar-refractivity contribution in [3.8, 4) is 46.0 Å². The third-order valence-electron chi connectivity index (χ3n) is 29.5. The fourth-order valence-electron chi connectivity index (χ4n) is 18.2. The monoisotopic (exact) mass is 2020 g/mol. The Morgan fingerprint density at radius 3 is 1.08 bits per heavy atom. The number of aromatic hydroxyl groups is 2. The zero-order valence-electron chi connectivity index (χ0n) is 89.5.